The molecule has 0 aromatic heterocycles. The van der Waals surface area contributed by atoms with Crippen molar-refractivity contribution in [3.05, 3.63) is 28.7 Å². The van der Waals surface area contributed by atoms with E-state index in [0.717, 1.165) is 10.2 Å². The fraction of sp³-hybridized carbons (Fsp3) is 0.500. The van der Waals surface area contributed by atoms with E-state index in [1.807, 2.05) is 31.2 Å². The zero-order valence-electron chi connectivity index (χ0n) is 11.1. The molecule has 104 valence electrons. The van der Waals surface area contributed by atoms with Crippen LogP contribution < -0.4 is 5.32 Å². The van der Waals surface area contributed by atoms with Crippen molar-refractivity contribution in [2.24, 2.45) is 0 Å². The number of halogens is 1. The number of carbonyl (C=O) groups excluding carboxylic acids is 1. The fourth-order valence-electron chi connectivity index (χ4n) is 2.29. The number of anilines is 1. The molecule has 19 heavy (non-hydrogen) atoms. The number of methoxy groups -OCH3 is 1. The lowest BCUT2D eigenvalue weighted by Crippen LogP contribution is -2.59. The molecule has 2 rings (SSSR count). The molecule has 1 saturated carbocycles. The average molecular weight is 328 g/mol. The van der Waals surface area contributed by atoms with Crippen molar-refractivity contribution < 1.29 is 14.3 Å². The molecule has 0 atom stereocenters. The Balaban J connectivity index is 2.16. The second kappa shape index (κ2) is 5.92. The number of ether oxygens (including phenoxy) is 2. The maximum Gasteiger partial charge on any atom is 0.331 e. The molecule has 1 N–H and O–H groups in total. The molecule has 1 fully saturated rings. The smallest absolute Gasteiger partial charge is 0.331 e. The summed E-state index contributed by atoms with van der Waals surface area (Å²) in [7, 11) is 1.66. The first-order valence-electron chi connectivity index (χ1n) is 6.34. The van der Waals surface area contributed by atoms with Crippen LogP contribution in [-0.4, -0.2) is 31.3 Å². The molecule has 0 amide bonds. The number of hydrogen-bond acceptors (Lipinski definition) is 4. The summed E-state index contributed by atoms with van der Waals surface area (Å²) in [6, 6.07) is 7.74. The first-order valence-corrected chi connectivity index (χ1v) is 7.13. The van der Waals surface area contributed by atoms with Gasteiger partial charge in [-0.05, 0) is 35.0 Å². The topological polar surface area (TPSA) is 47.6 Å². The Hall–Kier alpha value is -1.07. The number of hydrogen-bond donors (Lipinski definition) is 1. The Morgan fingerprint density at radius 3 is 2.74 bits per heavy atom. The minimum absolute atomic E-state index is 0.111. The van der Waals surface area contributed by atoms with Crippen LogP contribution in [0.4, 0.5) is 5.69 Å². The number of para-hydroxylation sites is 1. The Labute approximate surface area is 121 Å². The van der Waals surface area contributed by atoms with Gasteiger partial charge in [-0.2, -0.15) is 0 Å². The lowest BCUT2D eigenvalue weighted by molar-refractivity contribution is -0.157. The molecule has 0 spiro atoms. The quantitative estimate of drug-likeness (QED) is 0.844. The van der Waals surface area contributed by atoms with E-state index in [0.29, 0.717) is 19.4 Å². The van der Waals surface area contributed by atoms with Crippen molar-refractivity contribution in [1.82, 2.24) is 0 Å². The highest BCUT2D eigenvalue weighted by Crippen LogP contribution is 2.39. The third-order valence-electron chi connectivity index (χ3n) is 3.40. The summed E-state index contributed by atoms with van der Waals surface area (Å²) in [5.41, 5.74) is 0.228. The molecule has 0 saturated heterocycles. The molecule has 5 heteroatoms. The van der Waals surface area contributed by atoms with Crippen LogP contribution in [0.15, 0.2) is 28.7 Å². The van der Waals surface area contributed by atoms with Gasteiger partial charge in [0.2, 0.25) is 0 Å². The SMILES string of the molecule is CCOC(=O)C1(Nc2ccccc2Br)CC(OC)C1. The standard InChI is InChI=1S/C14H18BrNO3/c1-3-19-13(17)14(8-10(9-14)18-2)16-12-7-5-4-6-11(12)15/h4-7,10,16H,3,8-9H2,1-2H3. The van der Waals surface area contributed by atoms with Crippen molar-refractivity contribution in [3.8, 4) is 0 Å². The van der Waals surface area contributed by atoms with Gasteiger partial charge < -0.3 is 14.8 Å². The number of carbonyl (C=O) groups is 1. The van der Waals surface area contributed by atoms with E-state index in [1.165, 1.54) is 0 Å². The van der Waals surface area contributed by atoms with E-state index in [1.54, 1.807) is 7.11 Å². The summed E-state index contributed by atoms with van der Waals surface area (Å²) in [6.07, 6.45) is 1.37. The van der Waals surface area contributed by atoms with Crippen molar-refractivity contribution in [2.45, 2.75) is 31.4 Å². The van der Waals surface area contributed by atoms with Crippen molar-refractivity contribution >= 4 is 27.6 Å². The zero-order chi connectivity index (χ0) is 13.9. The molecule has 4 nitrogen and oxygen atoms in total. The Morgan fingerprint density at radius 1 is 1.47 bits per heavy atom. The summed E-state index contributed by atoms with van der Waals surface area (Å²) in [5, 5.41) is 3.31. The number of nitrogens with one attached hydrogen (secondary N) is 1. The van der Waals surface area contributed by atoms with Gasteiger partial charge in [-0.25, -0.2) is 4.79 Å². The average Bonchev–Trinajstić information content (AvgIpc) is 2.35. The highest BCUT2D eigenvalue weighted by atomic mass is 79.9. The molecule has 0 bridgehead atoms. The number of benzene rings is 1. The maximum atomic E-state index is 12.2. The van der Waals surface area contributed by atoms with Crippen LogP contribution in [0, 0.1) is 0 Å². The minimum atomic E-state index is -0.666. The monoisotopic (exact) mass is 327 g/mol. The molecule has 1 aromatic rings. The van der Waals surface area contributed by atoms with Gasteiger partial charge in [0.1, 0.15) is 5.54 Å². The van der Waals surface area contributed by atoms with E-state index in [4.69, 9.17) is 9.47 Å². The van der Waals surface area contributed by atoms with Gasteiger partial charge in [-0.15, -0.1) is 0 Å². The number of esters is 1. The number of rotatable bonds is 5. The van der Waals surface area contributed by atoms with Crippen LogP contribution in [-0.2, 0) is 14.3 Å². The predicted molar refractivity (Wildman–Crippen MR) is 77.2 cm³/mol. The fourth-order valence-corrected chi connectivity index (χ4v) is 2.68. The van der Waals surface area contributed by atoms with Gasteiger partial charge in [-0.3, -0.25) is 0 Å². The summed E-state index contributed by atoms with van der Waals surface area (Å²) in [4.78, 5) is 12.2. The van der Waals surface area contributed by atoms with E-state index in [2.05, 4.69) is 21.2 Å². The molecule has 0 aliphatic heterocycles. The molecular formula is C14H18BrNO3. The Morgan fingerprint density at radius 2 is 2.16 bits per heavy atom. The van der Waals surface area contributed by atoms with E-state index in [-0.39, 0.29) is 12.1 Å². The summed E-state index contributed by atoms with van der Waals surface area (Å²) in [5.74, 6) is -0.209. The molecule has 0 unspecified atom stereocenters. The van der Waals surface area contributed by atoms with Gasteiger partial charge in [0.05, 0.1) is 12.7 Å². The van der Waals surface area contributed by atoms with Gasteiger partial charge in [0.15, 0.2) is 0 Å². The van der Waals surface area contributed by atoms with Gasteiger partial charge in [0, 0.05) is 30.1 Å². The largest absolute Gasteiger partial charge is 0.464 e. The van der Waals surface area contributed by atoms with Gasteiger partial charge in [0.25, 0.3) is 0 Å². The highest BCUT2D eigenvalue weighted by Gasteiger charge is 2.52. The normalized spacial score (nSPS) is 25.5. The van der Waals surface area contributed by atoms with Crippen LogP contribution in [0.25, 0.3) is 0 Å². The van der Waals surface area contributed by atoms with Crippen molar-refractivity contribution in [2.75, 3.05) is 19.0 Å². The third kappa shape index (κ3) is 2.92. The lowest BCUT2D eigenvalue weighted by Gasteiger charge is -2.45. The van der Waals surface area contributed by atoms with Crippen LogP contribution in [0.3, 0.4) is 0 Å². The third-order valence-corrected chi connectivity index (χ3v) is 4.09. The Bertz CT molecular complexity index is 458. The molecule has 1 aromatic carbocycles. The maximum absolute atomic E-state index is 12.2. The second-order valence-electron chi connectivity index (χ2n) is 4.67. The summed E-state index contributed by atoms with van der Waals surface area (Å²) < 4.78 is 11.4. The zero-order valence-corrected chi connectivity index (χ0v) is 12.7. The second-order valence-corrected chi connectivity index (χ2v) is 5.53. The van der Waals surface area contributed by atoms with Crippen LogP contribution in [0.2, 0.25) is 0 Å². The molecular weight excluding hydrogens is 310 g/mol. The predicted octanol–water partition coefficient (Wildman–Crippen LogP) is 2.97. The van der Waals surface area contributed by atoms with E-state index in [9.17, 15) is 4.79 Å². The Kier molecular flexibility index (Phi) is 4.47. The summed E-state index contributed by atoms with van der Waals surface area (Å²) in [6.45, 7) is 2.20. The van der Waals surface area contributed by atoms with Crippen LogP contribution in [0.5, 0.6) is 0 Å². The van der Waals surface area contributed by atoms with E-state index >= 15 is 0 Å². The molecule has 0 radical (unpaired) electrons. The minimum Gasteiger partial charge on any atom is -0.464 e. The van der Waals surface area contributed by atoms with Crippen molar-refractivity contribution in [1.29, 1.82) is 0 Å². The summed E-state index contributed by atoms with van der Waals surface area (Å²) >= 11 is 3.48. The molecule has 1 aliphatic carbocycles. The van der Waals surface area contributed by atoms with Crippen LogP contribution >= 0.6 is 15.9 Å². The highest BCUT2D eigenvalue weighted by molar-refractivity contribution is 9.10. The van der Waals surface area contributed by atoms with Crippen LogP contribution in [0.1, 0.15) is 19.8 Å². The first kappa shape index (κ1) is 14.3. The lowest BCUT2D eigenvalue weighted by atomic mass is 9.74. The van der Waals surface area contributed by atoms with E-state index < -0.39 is 5.54 Å². The van der Waals surface area contributed by atoms with Gasteiger partial charge in [-0.1, -0.05) is 12.1 Å². The first-order chi connectivity index (χ1) is 9.11. The molecule has 1 aliphatic rings. The van der Waals surface area contributed by atoms with Gasteiger partial charge >= 0.3 is 5.97 Å². The molecule has 0 heterocycles. The van der Waals surface area contributed by atoms with Crippen molar-refractivity contribution in [3.63, 3.8) is 0 Å².